The molecule has 0 spiro atoms. The van der Waals surface area contributed by atoms with Crippen LogP contribution in [0.2, 0.25) is 0 Å². The third kappa shape index (κ3) is 5.08. The highest BCUT2D eigenvalue weighted by Gasteiger charge is 2.20. The maximum atomic E-state index is 12.9. The fraction of sp³-hybridized carbons (Fsp3) is 0.136. The van der Waals surface area contributed by atoms with Crippen molar-refractivity contribution in [3.05, 3.63) is 76.5 Å². The first-order chi connectivity index (χ1) is 14.4. The van der Waals surface area contributed by atoms with Crippen molar-refractivity contribution >= 4 is 51.5 Å². The van der Waals surface area contributed by atoms with E-state index in [1.165, 1.54) is 21.1 Å². The number of carbonyl (C=O) groups is 3. The smallest absolute Gasteiger partial charge is 0.285 e. The van der Waals surface area contributed by atoms with E-state index in [1.807, 2.05) is 11.4 Å². The number of nitrogens with one attached hydrogen (secondary N) is 1. The van der Waals surface area contributed by atoms with Crippen LogP contribution in [0.1, 0.15) is 20.0 Å². The summed E-state index contributed by atoms with van der Waals surface area (Å²) >= 11 is 2.47. The first-order valence-corrected chi connectivity index (χ1v) is 10.8. The SMILES string of the molecule is CN(C)C(=O)Sc1ccc(NC(=O)c2ccccc2N(C)C(=O)c2cccs2)cc1. The highest BCUT2D eigenvalue weighted by atomic mass is 32.2. The molecule has 1 aromatic heterocycles. The summed E-state index contributed by atoms with van der Waals surface area (Å²) in [5.41, 5.74) is 1.52. The van der Waals surface area contributed by atoms with Gasteiger partial charge in [-0.3, -0.25) is 14.4 Å². The number of thioether (sulfide) groups is 1. The number of carbonyl (C=O) groups excluding carboxylic acids is 3. The summed E-state index contributed by atoms with van der Waals surface area (Å²) < 4.78 is 0. The van der Waals surface area contributed by atoms with Crippen LogP contribution in [0.25, 0.3) is 0 Å². The molecule has 1 N–H and O–H groups in total. The van der Waals surface area contributed by atoms with E-state index >= 15 is 0 Å². The molecule has 0 radical (unpaired) electrons. The second-order valence-electron chi connectivity index (χ2n) is 6.60. The molecule has 0 aliphatic carbocycles. The van der Waals surface area contributed by atoms with Gasteiger partial charge in [0.05, 0.1) is 16.1 Å². The van der Waals surface area contributed by atoms with Gasteiger partial charge in [-0.15, -0.1) is 11.3 Å². The van der Waals surface area contributed by atoms with E-state index in [9.17, 15) is 14.4 Å². The van der Waals surface area contributed by atoms with Crippen LogP contribution in [0.5, 0.6) is 0 Å². The van der Waals surface area contributed by atoms with Crippen LogP contribution in [0.15, 0.2) is 70.9 Å². The van der Waals surface area contributed by atoms with E-state index in [1.54, 1.807) is 75.7 Å². The molecule has 2 aromatic carbocycles. The predicted molar refractivity (Wildman–Crippen MR) is 123 cm³/mol. The van der Waals surface area contributed by atoms with Crippen LogP contribution in [-0.2, 0) is 0 Å². The van der Waals surface area contributed by atoms with E-state index in [2.05, 4.69) is 5.32 Å². The maximum absolute atomic E-state index is 12.9. The predicted octanol–water partition coefficient (Wildman–Crippen LogP) is 5.05. The number of benzene rings is 2. The van der Waals surface area contributed by atoms with Gasteiger partial charge < -0.3 is 15.1 Å². The van der Waals surface area contributed by atoms with E-state index in [-0.39, 0.29) is 17.1 Å². The third-order valence-corrected chi connectivity index (χ3v) is 6.13. The zero-order valence-corrected chi connectivity index (χ0v) is 18.4. The standard InChI is InChI=1S/C22H21N3O3S2/c1-24(2)22(28)30-16-12-10-15(11-13-16)23-20(26)17-7-4-5-8-18(17)25(3)21(27)19-9-6-14-29-19/h4-14H,1-3H3,(H,23,26). The Hall–Kier alpha value is -3.10. The summed E-state index contributed by atoms with van der Waals surface area (Å²) in [4.78, 5) is 41.7. The minimum atomic E-state index is -0.318. The molecule has 0 atom stereocenters. The highest BCUT2D eigenvalue weighted by Crippen LogP contribution is 2.25. The number of hydrogen-bond acceptors (Lipinski definition) is 5. The molecule has 1 heterocycles. The highest BCUT2D eigenvalue weighted by molar-refractivity contribution is 8.13. The molecule has 154 valence electrons. The zero-order valence-electron chi connectivity index (χ0n) is 16.8. The third-order valence-electron chi connectivity index (χ3n) is 4.23. The van der Waals surface area contributed by atoms with Gasteiger partial charge >= 0.3 is 0 Å². The Balaban J connectivity index is 1.75. The van der Waals surface area contributed by atoms with Crippen molar-refractivity contribution in [1.29, 1.82) is 0 Å². The molecule has 30 heavy (non-hydrogen) atoms. The van der Waals surface area contributed by atoms with Crippen molar-refractivity contribution < 1.29 is 14.4 Å². The summed E-state index contributed by atoms with van der Waals surface area (Å²) in [5, 5.41) is 4.62. The van der Waals surface area contributed by atoms with E-state index < -0.39 is 0 Å². The van der Waals surface area contributed by atoms with Crippen LogP contribution >= 0.6 is 23.1 Å². The Morgan fingerprint density at radius 2 is 1.60 bits per heavy atom. The number of anilines is 2. The van der Waals surface area contributed by atoms with Crippen LogP contribution in [-0.4, -0.2) is 43.1 Å². The molecule has 0 unspecified atom stereocenters. The molecule has 3 rings (SSSR count). The lowest BCUT2D eigenvalue weighted by atomic mass is 10.1. The number of thiophene rings is 1. The Bertz CT molecular complexity index is 1050. The monoisotopic (exact) mass is 439 g/mol. The Morgan fingerprint density at radius 3 is 2.23 bits per heavy atom. The Labute approximate surface area is 183 Å². The fourth-order valence-corrected chi connectivity index (χ4v) is 3.98. The van der Waals surface area contributed by atoms with Crippen molar-refractivity contribution in [1.82, 2.24) is 4.90 Å². The van der Waals surface area contributed by atoms with Gasteiger partial charge in [0.1, 0.15) is 0 Å². The quantitative estimate of drug-likeness (QED) is 0.565. The lowest BCUT2D eigenvalue weighted by molar-refractivity contribution is 0.0996. The first-order valence-electron chi connectivity index (χ1n) is 9.08. The summed E-state index contributed by atoms with van der Waals surface area (Å²) in [6, 6.07) is 17.6. The van der Waals surface area contributed by atoms with Crippen molar-refractivity contribution in [2.75, 3.05) is 31.4 Å². The number of amides is 3. The molecule has 0 aliphatic rings. The van der Waals surface area contributed by atoms with Crippen LogP contribution in [0, 0.1) is 0 Å². The largest absolute Gasteiger partial charge is 0.339 e. The molecular formula is C22H21N3O3S2. The van der Waals surface area contributed by atoms with Crippen LogP contribution in [0.4, 0.5) is 16.2 Å². The number of hydrogen-bond donors (Lipinski definition) is 1. The molecule has 3 amide bonds. The van der Waals surface area contributed by atoms with E-state index in [0.29, 0.717) is 21.8 Å². The first kappa shape index (κ1) is 21.6. The Morgan fingerprint density at radius 1 is 0.900 bits per heavy atom. The Kier molecular flexibility index (Phi) is 6.91. The molecule has 0 bridgehead atoms. The molecule has 0 saturated carbocycles. The molecule has 0 aliphatic heterocycles. The maximum Gasteiger partial charge on any atom is 0.285 e. The van der Waals surface area contributed by atoms with E-state index in [0.717, 1.165) is 16.7 Å². The fourth-order valence-electron chi connectivity index (χ4n) is 2.63. The van der Waals surface area contributed by atoms with Gasteiger partial charge in [0.25, 0.3) is 17.1 Å². The number of rotatable bonds is 5. The summed E-state index contributed by atoms with van der Waals surface area (Å²) in [7, 11) is 5.05. The van der Waals surface area contributed by atoms with Crippen LogP contribution < -0.4 is 10.2 Å². The molecular weight excluding hydrogens is 418 g/mol. The molecule has 3 aromatic rings. The van der Waals surface area contributed by atoms with Gasteiger partial charge in [-0.1, -0.05) is 18.2 Å². The van der Waals surface area contributed by atoms with Crippen molar-refractivity contribution in [3.8, 4) is 0 Å². The minimum Gasteiger partial charge on any atom is -0.339 e. The molecule has 6 nitrogen and oxygen atoms in total. The van der Waals surface area contributed by atoms with Crippen molar-refractivity contribution in [2.45, 2.75) is 4.90 Å². The van der Waals surface area contributed by atoms with Gasteiger partial charge in [-0.05, 0) is 59.6 Å². The van der Waals surface area contributed by atoms with Gasteiger partial charge in [0, 0.05) is 31.7 Å². The average Bonchev–Trinajstić information content (AvgIpc) is 3.29. The van der Waals surface area contributed by atoms with Crippen molar-refractivity contribution in [2.24, 2.45) is 0 Å². The van der Waals surface area contributed by atoms with Crippen molar-refractivity contribution in [3.63, 3.8) is 0 Å². The average molecular weight is 440 g/mol. The molecule has 0 saturated heterocycles. The number of para-hydroxylation sites is 1. The van der Waals surface area contributed by atoms with Gasteiger partial charge in [0.2, 0.25) is 0 Å². The normalized spacial score (nSPS) is 10.4. The second-order valence-corrected chi connectivity index (χ2v) is 8.57. The van der Waals surface area contributed by atoms with Crippen LogP contribution in [0.3, 0.4) is 0 Å². The molecule has 0 fully saturated rings. The van der Waals surface area contributed by atoms with Gasteiger partial charge in [-0.25, -0.2) is 0 Å². The lowest BCUT2D eigenvalue weighted by Crippen LogP contribution is -2.28. The number of nitrogens with zero attached hydrogens (tertiary/aromatic N) is 2. The second kappa shape index (κ2) is 9.60. The van der Waals surface area contributed by atoms with Gasteiger partial charge in [-0.2, -0.15) is 0 Å². The topological polar surface area (TPSA) is 69.7 Å². The summed E-state index contributed by atoms with van der Waals surface area (Å²) in [5.74, 6) is -0.488. The van der Waals surface area contributed by atoms with E-state index in [4.69, 9.17) is 0 Å². The zero-order chi connectivity index (χ0) is 21.7. The summed E-state index contributed by atoms with van der Waals surface area (Å²) in [6.07, 6.45) is 0. The molecule has 8 heteroatoms. The minimum absolute atomic E-state index is 0.0702. The lowest BCUT2D eigenvalue weighted by Gasteiger charge is -2.20. The summed E-state index contributed by atoms with van der Waals surface area (Å²) in [6.45, 7) is 0. The van der Waals surface area contributed by atoms with Gasteiger partial charge in [0.15, 0.2) is 0 Å².